The van der Waals surface area contributed by atoms with Crippen LogP contribution in [0.1, 0.15) is 51.4 Å². The highest BCUT2D eigenvalue weighted by Gasteiger charge is 2.42. The second-order valence-electron chi connectivity index (χ2n) is 8.21. The summed E-state index contributed by atoms with van der Waals surface area (Å²) in [7, 11) is 4.40. The molecule has 136 valence electrons. The summed E-state index contributed by atoms with van der Waals surface area (Å²) in [6.07, 6.45) is 9.08. The summed E-state index contributed by atoms with van der Waals surface area (Å²) in [5.74, 6) is -0.293. The van der Waals surface area contributed by atoms with E-state index in [9.17, 15) is 4.79 Å². The van der Waals surface area contributed by atoms with Crippen molar-refractivity contribution >= 4 is 18.6 Å². The molecule has 0 radical (unpaired) electrons. The number of fused-ring (bicyclic) bond motifs is 4. The lowest BCUT2D eigenvalue weighted by Gasteiger charge is -2.37. The molecule has 4 fully saturated rings. The van der Waals surface area contributed by atoms with Crippen LogP contribution in [-0.4, -0.2) is 71.7 Å². The molecule has 0 amide bonds. The molecule has 4 heterocycles. The fourth-order valence-electron chi connectivity index (χ4n) is 5.39. The average Bonchev–Trinajstić information content (AvgIpc) is 2.90. The van der Waals surface area contributed by atoms with Crippen LogP contribution >= 0.6 is 12.6 Å². The van der Waals surface area contributed by atoms with Crippen LogP contribution in [0, 0.1) is 0 Å². The van der Waals surface area contributed by atoms with Gasteiger partial charge in [-0.2, -0.15) is 0 Å². The second kappa shape index (κ2) is 6.78. The molecular formula is C18H30N2O3S. The minimum atomic E-state index is -0.741. The second-order valence-corrected chi connectivity index (χ2v) is 8.68. The van der Waals surface area contributed by atoms with E-state index in [0.29, 0.717) is 24.2 Å². The Morgan fingerprint density at radius 3 is 1.75 bits per heavy atom. The van der Waals surface area contributed by atoms with Gasteiger partial charge in [-0.1, -0.05) is 0 Å². The van der Waals surface area contributed by atoms with Crippen molar-refractivity contribution in [3.05, 3.63) is 0 Å². The fraction of sp³-hybridized carbons (Fsp3) is 0.944. The normalized spacial score (nSPS) is 43.8. The molecule has 0 aromatic rings. The zero-order chi connectivity index (χ0) is 16.8. The van der Waals surface area contributed by atoms with Crippen molar-refractivity contribution in [2.75, 3.05) is 14.1 Å². The number of hydrogen-bond acceptors (Lipinski definition) is 6. The summed E-state index contributed by atoms with van der Waals surface area (Å²) in [5, 5.41) is 0. The first-order chi connectivity index (χ1) is 11.5. The van der Waals surface area contributed by atoms with Crippen molar-refractivity contribution < 1.29 is 14.3 Å². The van der Waals surface area contributed by atoms with Gasteiger partial charge < -0.3 is 19.3 Å². The van der Waals surface area contributed by atoms with Crippen molar-refractivity contribution in [2.24, 2.45) is 0 Å². The monoisotopic (exact) mass is 354 g/mol. The van der Waals surface area contributed by atoms with E-state index in [4.69, 9.17) is 9.47 Å². The number of carbonyl (C=O) groups is 1. The molecule has 5 nitrogen and oxygen atoms in total. The number of thiol groups is 1. The number of ether oxygens (including phenoxy) is 2. The van der Waals surface area contributed by atoms with Gasteiger partial charge in [-0.25, -0.2) is 4.79 Å². The minimum Gasteiger partial charge on any atom is -0.460 e. The van der Waals surface area contributed by atoms with Crippen molar-refractivity contribution in [1.29, 1.82) is 0 Å². The van der Waals surface area contributed by atoms with Crippen LogP contribution in [0.5, 0.6) is 0 Å². The van der Waals surface area contributed by atoms with Gasteiger partial charge in [0.15, 0.2) is 5.44 Å². The van der Waals surface area contributed by atoms with Gasteiger partial charge in [-0.15, -0.1) is 12.6 Å². The van der Waals surface area contributed by atoms with Gasteiger partial charge in [0.25, 0.3) is 0 Å². The largest absolute Gasteiger partial charge is 0.460 e. The highest BCUT2D eigenvalue weighted by atomic mass is 32.1. The van der Waals surface area contributed by atoms with Gasteiger partial charge in [0.2, 0.25) is 0 Å². The molecule has 0 N–H and O–H groups in total. The van der Waals surface area contributed by atoms with Gasteiger partial charge in [0.1, 0.15) is 6.10 Å². The summed E-state index contributed by atoms with van der Waals surface area (Å²) >= 11 is 4.39. The predicted molar refractivity (Wildman–Crippen MR) is 95.1 cm³/mol. The maximum atomic E-state index is 12.4. The fourth-order valence-corrected chi connectivity index (χ4v) is 5.62. The Labute approximate surface area is 150 Å². The van der Waals surface area contributed by atoms with Crippen LogP contribution in [0.25, 0.3) is 0 Å². The minimum absolute atomic E-state index is 0.0399. The lowest BCUT2D eigenvalue weighted by Crippen LogP contribution is -2.45. The third kappa shape index (κ3) is 3.22. The Bertz CT molecular complexity index is 463. The molecule has 4 saturated heterocycles. The number of esters is 1. The summed E-state index contributed by atoms with van der Waals surface area (Å²) in [6.45, 7) is 0. The van der Waals surface area contributed by atoms with E-state index in [1.54, 1.807) is 0 Å². The topological polar surface area (TPSA) is 42.0 Å². The summed E-state index contributed by atoms with van der Waals surface area (Å²) < 4.78 is 11.7. The molecule has 5 unspecified atom stereocenters. The van der Waals surface area contributed by atoms with E-state index in [1.165, 1.54) is 25.7 Å². The smallest absolute Gasteiger partial charge is 0.345 e. The maximum absolute atomic E-state index is 12.4. The summed E-state index contributed by atoms with van der Waals surface area (Å²) in [4.78, 5) is 17.3. The van der Waals surface area contributed by atoms with Crippen LogP contribution < -0.4 is 0 Å². The SMILES string of the molecule is CN1C2CCC1CC(OC(=O)C(S)OC1CC3CCC(C1)N3C)C2. The molecule has 0 spiro atoms. The van der Waals surface area contributed by atoms with Crippen LogP contribution in [-0.2, 0) is 14.3 Å². The first-order valence-corrected chi connectivity index (χ1v) is 10.0. The molecule has 5 atom stereocenters. The molecule has 24 heavy (non-hydrogen) atoms. The van der Waals surface area contributed by atoms with E-state index in [1.807, 2.05) is 0 Å². The zero-order valence-corrected chi connectivity index (χ0v) is 15.7. The maximum Gasteiger partial charge on any atom is 0.345 e. The van der Waals surface area contributed by atoms with E-state index >= 15 is 0 Å². The van der Waals surface area contributed by atoms with Crippen LogP contribution in [0.2, 0.25) is 0 Å². The Morgan fingerprint density at radius 2 is 1.29 bits per heavy atom. The average molecular weight is 355 g/mol. The van der Waals surface area contributed by atoms with Crippen molar-refractivity contribution in [1.82, 2.24) is 9.80 Å². The molecule has 0 aliphatic carbocycles. The van der Waals surface area contributed by atoms with Crippen molar-refractivity contribution in [3.63, 3.8) is 0 Å². The molecule has 4 rings (SSSR count). The number of rotatable bonds is 4. The zero-order valence-electron chi connectivity index (χ0n) is 14.8. The molecular weight excluding hydrogens is 324 g/mol. The summed E-state index contributed by atoms with van der Waals surface area (Å²) in [6, 6.07) is 2.36. The molecule has 0 aromatic carbocycles. The summed E-state index contributed by atoms with van der Waals surface area (Å²) in [5.41, 5.74) is -0.741. The standard InChI is InChI=1S/C18H30N2O3S/c1-19-11-3-4-12(19)8-15(7-11)22-17(21)18(24)23-16-9-13-5-6-14(10-16)20(13)2/h11-16,18,24H,3-10H2,1-2H3. The molecule has 6 heteroatoms. The van der Waals surface area contributed by atoms with Gasteiger partial charge in [0.05, 0.1) is 6.10 Å². The molecule has 4 bridgehead atoms. The van der Waals surface area contributed by atoms with Gasteiger partial charge in [-0.3, -0.25) is 0 Å². The van der Waals surface area contributed by atoms with Gasteiger partial charge >= 0.3 is 5.97 Å². The molecule has 4 aliphatic rings. The van der Waals surface area contributed by atoms with E-state index in [-0.39, 0.29) is 18.2 Å². The molecule has 0 aromatic heterocycles. The first-order valence-electron chi connectivity index (χ1n) is 9.49. The van der Waals surface area contributed by atoms with Crippen LogP contribution in [0.3, 0.4) is 0 Å². The third-order valence-corrected chi connectivity index (χ3v) is 7.25. The van der Waals surface area contributed by atoms with E-state index < -0.39 is 5.44 Å². The number of piperidine rings is 2. The lowest BCUT2D eigenvalue weighted by atomic mass is 10.0. The highest BCUT2D eigenvalue weighted by Crippen LogP contribution is 2.37. The Hall–Kier alpha value is -0.300. The Morgan fingerprint density at radius 1 is 0.875 bits per heavy atom. The molecule has 4 aliphatic heterocycles. The highest BCUT2D eigenvalue weighted by molar-refractivity contribution is 7.81. The Kier molecular flexibility index (Phi) is 4.84. The van der Waals surface area contributed by atoms with Crippen LogP contribution in [0.4, 0.5) is 0 Å². The van der Waals surface area contributed by atoms with E-state index in [0.717, 1.165) is 25.7 Å². The number of nitrogens with zero attached hydrogens (tertiary/aromatic N) is 2. The first kappa shape index (κ1) is 17.1. The lowest BCUT2D eigenvalue weighted by molar-refractivity contribution is -0.164. The number of carbonyl (C=O) groups excluding carboxylic acids is 1. The number of hydrogen-bond donors (Lipinski definition) is 1. The van der Waals surface area contributed by atoms with Crippen LogP contribution in [0.15, 0.2) is 0 Å². The Balaban J connectivity index is 1.26. The van der Waals surface area contributed by atoms with E-state index in [2.05, 4.69) is 36.5 Å². The molecule has 0 saturated carbocycles. The third-order valence-electron chi connectivity index (χ3n) is 6.92. The quantitative estimate of drug-likeness (QED) is 0.475. The van der Waals surface area contributed by atoms with Crippen molar-refractivity contribution in [3.8, 4) is 0 Å². The predicted octanol–water partition coefficient (Wildman–Crippen LogP) is 2.05. The van der Waals surface area contributed by atoms with Gasteiger partial charge in [0, 0.05) is 24.2 Å². The van der Waals surface area contributed by atoms with Crippen molar-refractivity contribution in [2.45, 2.75) is 93.2 Å². The van der Waals surface area contributed by atoms with Gasteiger partial charge in [-0.05, 0) is 65.5 Å².